The first-order valence-corrected chi connectivity index (χ1v) is 27.9. The number of unbranched alkanes of at least 4 members (excludes halogenated alkanes) is 3. The second-order valence-corrected chi connectivity index (χ2v) is 29.2. The number of hydrogen-bond donors (Lipinski definition) is 0. The molecule has 0 saturated carbocycles. The van der Waals surface area contributed by atoms with E-state index in [9.17, 15) is 26.4 Å². The molecule has 5 rings (SSSR count). The summed E-state index contributed by atoms with van der Waals surface area (Å²) in [5, 5.41) is 0. The number of sulfone groups is 1. The first-order chi connectivity index (χ1) is 25.2. The van der Waals surface area contributed by atoms with Gasteiger partial charge in [-0.2, -0.15) is 13.2 Å². The van der Waals surface area contributed by atoms with E-state index in [4.69, 9.17) is 4.74 Å². The number of fused-ring (bicyclic) bond motifs is 1. The molecular formula is C41H52F3N3O4SSn. The van der Waals surface area contributed by atoms with Gasteiger partial charge < -0.3 is 9.64 Å². The topological polar surface area (TPSA) is 89.5 Å². The van der Waals surface area contributed by atoms with Crippen molar-refractivity contribution in [2.45, 2.75) is 110 Å². The first-order valence-electron chi connectivity index (χ1n) is 18.5. The Morgan fingerprint density at radius 1 is 0.830 bits per heavy atom. The number of ether oxygens (including phenoxy) is 1. The molecule has 0 aliphatic carbocycles. The van der Waals surface area contributed by atoms with E-state index in [1.165, 1.54) is 56.7 Å². The summed E-state index contributed by atoms with van der Waals surface area (Å²) in [5.74, 6) is -0.941. The Labute approximate surface area is 317 Å². The van der Waals surface area contributed by atoms with E-state index >= 15 is 0 Å². The fourth-order valence-corrected chi connectivity index (χ4v) is 23.1. The number of pyridine rings is 2. The largest absolute Gasteiger partial charge is 0.480 e. The number of benzene rings is 2. The Morgan fingerprint density at radius 2 is 1.43 bits per heavy atom. The second kappa shape index (κ2) is 19.2. The summed E-state index contributed by atoms with van der Waals surface area (Å²) in [5.41, 5.74) is 3.38. The molecule has 1 amide bonds. The first kappa shape index (κ1) is 42.3. The van der Waals surface area contributed by atoms with Crippen molar-refractivity contribution in [3.05, 3.63) is 102 Å². The van der Waals surface area contributed by atoms with Crippen LogP contribution in [0.1, 0.15) is 87.7 Å². The third-order valence-corrected chi connectivity index (χ3v) is 26.6. The average molecular weight is 859 g/mol. The van der Waals surface area contributed by atoms with E-state index in [-0.39, 0.29) is 29.3 Å². The molecule has 53 heavy (non-hydrogen) atoms. The van der Waals surface area contributed by atoms with Crippen LogP contribution in [0.3, 0.4) is 0 Å². The second-order valence-electron chi connectivity index (χ2n) is 14.0. The van der Waals surface area contributed by atoms with Crippen molar-refractivity contribution in [3.8, 4) is 16.9 Å². The normalized spacial score (nSPS) is 13.5. The molecule has 2 aromatic carbocycles. The van der Waals surface area contributed by atoms with Gasteiger partial charge in [-0.1, -0.05) is 18.2 Å². The number of amides is 1. The number of hydrogen-bond acceptors (Lipinski definition) is 6. The van der Waals surface area contributed by atoms with Crippen molar-refractivity contribution in [1.29, 1.82) is 0 Å². The van der Waals surface area contributed by atoms with Crippen molar-refractivity contribution in [2.75, 3.05) is 6.26 Å². The maximum Gasteiger partial charge on any atom is 0.425 e. The molecule has 0 bridgehead atoms. The van der Waals surface area contributed by atoms with Gasteiger partial charge in [0.1, 0.15) is 5.75 Å². The molecule has 7 nitrogen and oxygen atoms in total. The molecule has 1 atom stereocenters. The molecule has 1 aliphatic heterocycles. The Bertz CT molecular complexity index is 1870. The number of alkyl halides is 3. The van der Waals surface area contributed by atoms with Crippen LogP contribution in [0.25, 0.3) is 11.1 Å². The zero-order valence-corrected chi connectivity index (χ0v) is 35.1. The Hall–Kier alpha value is -3.45. The molecule has 3 heterocycles. The monoisotopic (exact) mass is 859 g/mol. The van der Waals surface area contributed by atoms with E-state index in [1.807, 2.05) is 36.5 Å². The maximum absolute atomic E-state index is 13.4. The van der Waals surface area contributed by atoms with E-state index < -0.39 is 46.4 Å². The number of nitrogens with zero attached hydrogens (tertiary/aromatic N) is 3. The quantitative estimate of drug-likeness (QED) is 0.111. The smallest absolute Gasteiger partial charge is 0.425 e. The Morgan fingerprint density at radius 3 is 1.96 bits per heavy atom. The van der Waals surface area contributed by atoms with Crippen LogP contribution in [0.2, 0.25) is 13.3 Å². The van der Waals surface area contributed by atoms with E-state index in [0.29, 0.717) is 0 Å². The minimum absolute atomic E-state index is 0.182. The summed E-state index contributed by atoms with van der Waals surface area (Å²) in [6, 6.07) is 17.3. The van der Waals surface area contributed by atoms with E-state index in [0.717, 1.165) is 53.6 Å². The van der Waals surface area contributed by atoms with Crippen LogP contribution >= 0.6 is 0 Å². The number of carbonyl (C=O) groups excluding carboxylic acids is 1. The summed E-state index contributed by atoms with van der Waals surface area (Å²) >= 11 is -2.16. The van der Waals surface area contributed by atoms with E-state index in [1.54, 1.807) is 16.0 Å². The number of halogens is 3. The predicted molar refractivity (Wildman–Crippen MR) is 208 cm³/mol. The fourth-order valence-electron chi connectivity index (χ4n) is 6.72. The fraction of sp³-hybridized carbons (Fsp3) is 0.439. The third-order valence-electron chi connectivity index (χ3n) is 9.89. The number of rotatable bonds is 15. The van der Waals surface area contributed by atoms with Gasteiger partial charge in [-0.05, 0) is 59.5 Å². The molecule has 0 N–H and O–H groups in total. The molecule has 0 radical (unpaired) electrons. The number of aromatic nitrogens is 2. The van der Waals surface area contributed by atoms with Gasteiger partial charge in [0.15, 0.2) is 15.9 Å². The van der Waals surface area contributed by atoms with Crippen LogP contribution in [0.5, 0.6) is 5.75 Å². The standard InChI is InChI=1S/C24H21F3N2O4S.C5H4N.3C4H9.Sn/c1-15(24(25,26)27)33-22-8-7-20(34(2,31)32)11-21(22)23(30)29-13-18-6-5-16(10-19(18)14-29)17-4-3-9-28-12-17;1-2-4-6-5-3-1;3*1-3-4-2;/h3-12,15H,13-14H2,1-2H3;1-2,4-5H;3*1,3-4H2,2H3;/t15-;;;;;/m0...../s1. The van der Waals surface area contributed by atoms with Gasteiger partial charge in [-0.25, -0.2) is 8.42 Å². The zero-order chi connectivity index (χ0) is 38.6. The van der Waals surface area contributed by atoms with Crippen molar-refractivity contribution in [2.24, 2.45) is 0 Å². The molecule has 2 aromatic heterocycles. The van der Waals surface area contributed by atoms with Crippen LogP contribution in [-0.2, 0) is 22.9 Å². The zero-order valence-electron chi connectivity index (χ0n) is 31.5. The Kier molecular flexibility index (Phi) is 15.3. The minimum Gasteiger partial charge on any atom is -0.480 e. The molecule has 286 valence electrons. The van der Waals surface area contributed by atoms with Crippen LogP contribution in [0.4, 0.5) is 13.2 Å². The van der Waals surface area contributed by atoms with Crippen molar-refractivity contribution < 1.29 is 31.1 Å². The summed E-state index contributed by atoms with van der Waals surface area (Å²) in [4.78, 5) is 23.2. The maximum atomic E-state index is 13.4. The van der Waals surface area contributed by atoms with Crippen molar-refractivity contribution in [1.82, 2.24) is 14.9 Å². The number of carbonyl (C=O) groups is 1. The van der Waals surface area contributed by atoms with Crippen molar-refractivity contribution in [3.63, 3.8) is 0 Å². The summed E-state index contributed by atoms with van der Waals surface area (Å²) < 4.78 is 74.6. The molecule has 1 aliphatic rings. The minimum atomic E-state index is -4.65. The predicted octanol–water partition coefficient (Wildman–Crippen LogP) is 9.78. The summed E-state index contributed by atoms with van der Waals surface area (Å²) in [6.45, 7) is 8.28. The van der Waals surface area contributed by atoms with E-state index in [2.05, 4.69) is 49.1 Å². The third kappa shape index (κ3) is 11.5. The van der Waals surface area contributed by atoms with Gasteiger partial charge in [0, 0.05) is 31.7 Å². The molecule has 0 saturated heterocycles. The van der Waals surface area contributed by atoms with Gasteiger partial charge in [-0.15, -0.1) is 0 Å². The van der Waals surface area contributed by atoms with Gasteiger partial charge in [0.2, 0.25) is 0 Å². The summed E-state index contributed by atoms with van der Waals surface area (Å²) in [6.07, 6.45) is 9.98. The Balaban J connectivity index is 0.000000281. The van der Waals surface area contributed by atoms with Crippen LogP contribution in [-0.4, -0.2) is 66.1 Å². The average Bonchev–Trinajstić information content (AvgIpc) is 3.58. The van der Waals surface area contributed by atoms with Crippen LogP contribution in [0, 0.1) is 0 Å². The molecule has 0 fully saturated rings. The molecule has 12 heteroatoms. The van der Waals surface area contributed by atoms with Crippen LogP contribution in [0.15, 0.2) is 90.3 Å². The molecule has 0 unspecified atom stereocenters. The van der Waals surface area contributed by atoms with Gasteiger partial charge in [-0.3, -0.25) is 9.78 Å². The SMILES string of the molecule is CCC[CH2][Sn]([CH2]CCC)([CH2]CCC)[c]1cccnc1.C[C@H](Oc1ccc(S(C)(=O)=O)cc1C(=O)N1Cc2ccc(-c3cccnc3)cc2C1)C(F)(F)F. The molecule has 0 spiro atoms. The van der Waals surface area contributed by atoms with Gasteiger partial charge in [0.05, 0.1) is 10.5 Å². The summed E-state index contributed by atoms with van der Waals surface area (Å²) in [7, 11) is -3.70. The molecule has 4 aromatic rings. The van der Waals surface area contributed by atoms with Gasteiger partial charge >= 0.3 is 130 Å². The molecular weight excluding hydrogens is 806 g/mol. The van der Waals surface area contributed by atoms with Gasteiger partial charge in [0.25, 0.3) is 5.91 Å². The van der Waals surface area contributed by atoms with Crippen LogP contribution < -0.4 is 8.32 Å². The van der Waals surface area contributed by atoms with Crippen molar-refractivity contribution >= 4 is 37.7 Å².